The molecule has 5 aromatic rings. The van der Waals surface area contributed by atoms with E-state index in [1.165, 1.54) is 5.56 Å². The van der Waals surface area contributed by atoms with Gasteiger partial charge in [-0.25, -0.2) is 9.69 Å². The molecule has 0 aliphatic carbocycles. The monoisotopic (exact) mass is 585 g/mol. The highest BCUT2D eigenvalue weighted by Crippen LogP contribution is 2.45. The maximum atomic E-state index is 6.25. The summed E-state index contributed by atoms with van der Waals surface area (Å²) in [7, 11) is 3.30. The van der Waals surface area contributed by atoms with Gasteiger partial charge in [-0.3, -0.25) is 0 Å². The number of methoxy groups -OCH3 is 2. The van der Waals surface area contributed by atoms with Gasteiger partial charge in [-0.2, -0.15) is 10.2 Å². The van der Waals surface area contributed by atoms with E-state index >= 15 is 0 Å². The third-order valence-corrected chi connectivity index (χ3v) is 8.06. The van der Waals surface area contributed by atoms with Crippen molar-refractivity contribution in [3.05, 3.63) is 99.4 Å². The lowest BCUT2D eigenvalue weighted by molar-refractivity contribution is 0.311. The summed E-state index contributed by atoms with van der Waals surface area (Å²) in [6, 6.07) is 19.3. The molecule has 1 unspecified atom stereocenters. The van der Waals surface area contributed by atoms with E-state index in [1.54, 1.807) is 14.2 Å². The zero-order valence-electron chi connectivity index (χ0n) is 22.5. The molecule has 11 heteroatoms. The number of aromatic nitrogens is 4. The Morgan fingerprint density at radius 1 is 0.854 bits per heavy atom. The minimum absolute atomic E-state index is 0.237. The van der Waals surface area contributed by atoms with Crippen LogP contribution in [0.5, 0.6) is 11.5 Å². The van der Waals surface area contributed by atoms with Crippen molar-refractivity contribution in [1.82, 2.24) is 24.9 Å². The highest BCUT2D eigenvalue weighted by atomic mass is 35.5. The van der Waals surface area contributed by atoms with Gasteiger partial charge < -0.3 is 14.4 Å². The lowest BCUT2D eigenvalue weighted by Crippen LogP contribution is -2.41. The van der Waals surface area contributed by atoms with E-state index in [9.17, 15) is 0 Å². The van der Waals surface area contributed by atoms with Crippen LogP contribution < -0.4 is 14.5 Å². The third kappa shape index (κ3) is 4.24. The van der Waals surface area contributed by atoms with Crippen LogP contribution in [0.15, 0.2) is 72.0 Å². The average molecular weight is 586 g/mol. The molecule has 0 saturated heterocycles. The summed E-state index contributed by atoms with van der Waals surface area (Å²) in [6.45, 7) is 2.63. The van der Waals surface area contributed by atoms with Crippen molar-refractivity contribution < 1.29 is 9.47 Å². The number of anilines is 1. The second kappa shape index (κ2) is 9.94. The van der Waals surface area contributed by atoms with Crippen LogP contribution in [0.4, 0.5) is 5.69 Å². The molecule has 9 nitrogen and oxygen atoms in total. The maximum absolute atomic E-state index is 6.25. The van der Waals surface area contributed by atoms with Crippen LogP contribution in [-0.4, -0.2) is 51.5 Å². The first-order valence-corrected chi connectivity index (χ1v) is 13.8. The number of halogens is 2. The summed E-state index contributed by atoms with van der Waals surface area (Å²) in [5.41, 5.74) is 6.20. The summed E-state index contributed by atoms with van der Waals surface area (Å²) < 4.78 is 13.1. The van der Waals surface area contributed by atoms with Crippen LogP contribution in [0, 0.1) is 6.92 Å². The Hall–Kier alpha value is -4.34. The van der Waals surface area contributed by atoms with Gasteiger partial charge in [0.1, 0.15) is 11.2 Å². The summed E-state index contributed by atoms with van der Waals surface area (Å²) >= 11 is 12.4. The van der Waals surface area contributed by atoms with Crippen molar-refractivity contribution in [1.29, 1.82) is 0 Å². The number of aryl methyl sites for hydroxylation is 1. The van der Waals surface area contributed by atoms with Crippen LogP contribution >= 0.6 is 23.2 Å². The Bertz CT molecular complexity index is 1820. The number of benzene rings is 3. The number of fused-ring (bicyclic) bond motifs is 4. The van der Waals surface area contributed by atoms with Gasteiger partial charge in [0.25, 0.3) is 0 Å². The largest absolute Gasteiger partial charge is 0.493 e. The predicted octanol–water partition coefficient (Wildman–Crippen LogP) is 6.19. The van der Waals surface area contributed by atoms with E-state index < -0.39 is 0 Å². The minimum atomic E-state index is -0.237. The molecule has 0 N–H and O–H groups in total. The molecule has 0 fully saturated rings. The fraction of sp³-hybridized carbons (Fsp3) is 0.200. The van der Waals surface area contributed by atoms with Crippen molar-refractivity contribution in [2.45, 2.75) is 19.5 Å². The van der Waals surface area contributed by atoms with E-state index in [0.717, 1.165) is 52.3 Å². The molecule has 2 aliphatic heterocycles. The molecular formula is C30H25Cl2N7O2. The van der Waals surface area contributed by atoms with Crippen molar-refractivity contribution >= 4 is 45.6 Å². The molecule has 2 aliphatic rings. The molecule has 1 atom stereocenters. The van der Waals surface area contributed by atoms with Crippen molar-refractivity contribution in [2.24, 2.45) is 5.10 Å². The molecule has 0 saturated carbocycles. The average Bonchev–Trinajstić information content (AvgIpc) is 3.61. The van der Waals surface area contributed by atoms with Gasteiger partial charge in [0, 0.05) is 28.4 Å². The smallest absolute Gasteiger partial charge is 0.179 e. The number of ether oxygens (including phenoxy) is 2. The third-order valence-electron chi connectivity index (χ3n) is 7.55. The van der Waals surface area contributed by atoms with Crippen LogP contribution in [0.3, 0.4) is 0 Å². The van der Waals surface area contributed by atoms with Crippen molar-refractivity contribution in [2.75, 3.05) is 25.8 Å². The fourth-order valence-electron chi connectivity index (χ4n) is 5.53. The van der Waals surface area contributed by atoms with Crippen LogP contribution in [0.25, 0.3) is 16.6 Å². The van der Waals surface area contributed by atoms with E-state index in [0.29, 0.717) is 27.2 Å². The molecule has 0 amide bonds. The number of hydrazone groups is 1. The summed E-state index contributed by atoms with van der Waals surface area (Å²) in [5, 5.41) is 23.4. The maximum Gasteiger partial charge on any atom is 0.179 e. The number of nitrogens with zero attached hydrogens (tertiary/aromatic N) is 7. The van der Waals surface area contributed by atoms with Gasteiger partial charge >= 0.3 is 0 Å². The highest BCUT2D eigenvalue weighted by molar-refractivity contribution is 6.30. The molecule has 0 bridgehead atoms. The molecule has 0 radical (unpaired) electrons. The number of amidine groups is 1. The molecule has 41 heavy (non-hydrogen) atoms. The van der Waals surface area contributed by atoms with Gasteiger partial charge in [0.05, 0.1) is 36.7 Å². The summed E-state index contributed by atoms with van der Waals surface area (Å²) in [5.74, 6) is 2.09. The van der Waals surface area contributed by atoms with E-state index in [2.05, 4.69) is 21.2 Å². The molecule has 4 heterocycles. The minimum Gasteiger partial charge on any atom is -0.493 e. The van der Waals surface area contributed by atoms with E-state index in [4.69, 9.17) is 42.9 Å². The first kappa shape index (κ1) is 25.6. The van der Waals surface area contributed by atoms with Gasteiger partial charge in [0.2, 0.25) is 0 Å². The second-order valence-corrected chi connectivity index (χ2v) is 10.8. The first-order chi connectivity index (χ1) is 19.9. The number of hydrogen-bond acceptors (Lipinski definition) is 8. The lowest BCUT2D eigenvalue weighted by Gasteiger charge is -2.37. The number of rotatable bonds is 5. The Labute approximate surface area is 246 Å². The molecule has 2 aromatic heterocycles. The first-order valence-electron chi connectivity index (χ1n) is 13.1. The Morgan fingerprint density at radius 2 is 1.51 bits per heavy atom. The van der Waals surface area contributed by atoms with Crippen LogP contribution in [-0.2, 0) is 6.42 Å². The Kier molecular flexibility index (Phi) is 6.21. The van der Waals surface area contributed by atoms with Gasteiger partial charge in [-0.15, -0.1) is 10.2 Å². The topological polar surface area (TPSA) is 80.9 Å². The Balaban J connectivity index is 1.40. The van der Waals surface area contributed by atoms with E-state index in [-0.39, 0.29) is 6.17 Å². The van der Waals surface area contributed by atoms with Crippen molar-refractivity contribution in [3.63, 3.8) is 0 Å². The van der Waals surface area contributed by atoms with Crippen LogP contribution in [0.1, 0.15) is 28.7 Å². The second-order valence-electron chi connectivity index (χ2n) is 9.91. The van der Waals surface area contributed by atoms with E-state index in [1.807, 2.05) is 77.4 Å². The molecular weight excluding hydrogens is 561 g/mol. The standard InChI is InChI=1S/C30H25Cl2N7O2/c1-17-27-24(16-38(35-27)21-8-4-19(31)5-9-21)28(34-33-17)29-36-39(22-10-6-20(32)7-11-22)30-23-15-26(41-3)25(40-2)14-18(23)12-13-37(29)30/h4-11,14-16,30H,12-13H2,1-3H3. The zero-order chi connectivity index (χ0) is 28.2. The number of hydrogen-bond donors (Lipinski definition) is 0. The zero-order valence-corrected chi connectivity index (χ0v) is 24.1. The molecule has 206 valence electrons. The SMILES string of the molecule is COc1cc2c(cc1OC)C1N(CC2)C(c2nnc(C)c3nn(-c4ccc(Cl)cc4)cc23)=NN1c1ccc(Cl)cc1. The lowest BCUT2D eigenvalue weighted by atomic mass is 9.95. The Morgan fingerprint density at radius 3 is 2.20 bits per heavy atom. The summed E-state index contributed by atoms with van der Waals surface area (Å²) in [6.07, 6.45) is 2.54. The molecule has 0 spiro atoms. The van der Waals surface area contributed by atoms with Gasteiger partial charge in [0.15, 0.2) is 23.5 Å². The van der Waals surface area contributed by atoms with Crippen LogP contribution in [0.2, 0.25) is 10.0 Å². The normalized spacial score (nSPS) is 16.0. The van der Waals surface area contributed by atoms with Gasteiger partial charge in [-0.1, -0.05) is 23.2 Å². The molecule has 3 aromatic carbocycles. The quantitative estimate of drug-likeness (QED) is 0.243. The van der Waals surface area contributed by atoms with Crippen molar-refractivity contribution in [3.8, 4) is 17.2 Å². The summed E-state index contributed by atoms with van der Waals surface area (Å²) in [4.78, 5) is 2.27. The van der Waals surface area contributed by atoms with Gasteiger partial charge in [-0.05, 0) is 79.6 Å². The fourth-order valence-corrected chi connectivity index (χ4v) is 5.78. The predicted molar refractivity (Wildman–Crippen MR) is 160 cm³/mol. The molecule has 7 rings (SSSR count). The highest BCUT2D eigenvalue weighted by Gasteiger charge is 2.42.